The molecule has 1 aliphatic rings. The number of nitrogens with zero attached hydrogens (tertiary/aromatic N) is 1. The molecule has 3 N–H and O–H groups in total. The van der Waals surface area contributed by atoms with Crippen molar-refractivity contribution in [3.8, 4) is 0 Å². The first kappa shape index (κ1) is 11.0. The predicted octanol–water partition coefficient (Wildman–Crippen LogP) is 0.0573. The zero-order valence-electron chi connectivity index (χ0n) is 8.29. The fourth-order valence-corrected chi connectivity index (χ4v) is 1.67. The van der Waals surface area contributed by atoms with Crippen molar-refractivity contribution in [3.63, 3.8) is 0 Å². The van der Waals surface area contributed by atoms with Crippen LogP contribution in [-0.4, -0.2) is 36.5 Å². The van der Waals surface area contributed by atoms with Gasteiger partial charge < -0.3 is 5.73 Å². The van der Waals surface area contributed by atoms with Gasteiger partial charge in [-0.1, -0.05) is 12.8 Å². The van der Waals surface area contributed by atoms with Gasteiger partial charge in [-0.05, 0) is 25.9 Å². The molecule has 0 atom stereocenters. The van der Waals surface area contributed by atoms with Crippen LogP contribution in [0.1, 0.15) is 25.7 Å². The van der Waals surface area contributed by atoms with Gasteiger partial charge in [0.1, 0.15) is 0 Å². The highest BCUT2D eigenvalue weighted by molar-refractivity contribution is 5.94. The van der Waals surface area contributed by atoms with Crippen molar-refractivity contribution in [2.75, 3.05) is 19.6 Å². The van der Waals surface area contributed by atoms with Crippen molar-refractivity contribution < 1.29 is 9.59 Å². The average Bonchev–Trinajstić information content (AvgIpc) is 2.31. The highest BCUT2D eigenvalue weighted by Crippen LogP contribution is 2.08. The standard InChI is InChI=1S/C9H17N3O2/c10-9(14)11-8(13)7-12-5-3-1-2-4-6-12/h1-7H2,(H3,10,11,13,14). The van der Waals surface area contributed by atoms with E-state index in [1.54, 1.807) is 0 Å². The minimum Gasteiger partial charge on any atom is -0.351 e. The topological polar surface area (TPSA) is 75.4 Å². The highest BCUT2D eigenvalue weighted by atomic mass is 16.2. The molecule has 5 heteroatoms. The molecule has 0 aliphatic carbocycles. The van der Waals surface area contributed by atoms with E-state index in [0.717, 1.165) is 25.9 Å². The van der Waals surface area contributed by atoms with Gasteiger partial charge in [-0.15, -0.1) is 0 Å². The summed E-state index contributed by atoms with van der Waals surface area (Å²) in [4.78, 5) is 23.6. The Morgan fingerprint density at radius 3 is 2.21 bits per heavy atom. The maximum atomic E-state index is 11.2. The van der Waals surface area contributed by atoms with E-state index in [0.29, 0.717) is 0 Å². The number of imide groups is 1. The van der Waals surface area contributed by atoms with Crippen LogP contribution in [0.2, 0.25) is 0 Å². The van der Waals surface area contributed by atoms with Crippen molar-refractivity contribution in [1.82, 2.24) is 10.2 Å². The number of nitrogens with one attached hydrogen (secondary N) is 1. The molecule has 0 radical (unpaired) electrons. The third kappa shape index (κ3) is 4.23. The van der Waals surface area contributed by atoms with Gasteiger partial charge in [-0.3, -0.25) is 15.0 Å². The molecular weight excluding hydrogens is 182 g/mol. The highest BCUT2D eigenvalue weighted by Gasteiger charge is 2.13. The number of hydrogen-bond acceptors (Lipinski definition) is 3. The quantitative estimate of drug-likeness (QED) is 0.660. The maximum absolute atomic E-state index is 11.2. The Kier molecular flexibility index (Phi) is 4.39. The summed E-state index contributed by atoms with van der Waals surface area (Å²) in [7, 11) is 0. The van der Waals surface area contributed by atoms with E-state index in [-0.39, 0.29) is 12.5 Å². The van der Waals surface area contributed by atoms with E-state index in [4.69, 9.17) is 5.73 Å². The second-order valence-corrected chi connectivity index (χ2v) is 3.60. The van der Waals surface area contributed by atoms with Crippen LogP contribution in [0.4, 0.5) is 4.79 Å². The molecule has 0 aromatic heterocycles. The largest absolute Gasteiger partial charge is 0.351 e. The first-order valence-corrected chi connectivity index (χ1v) is 5.00. The number of amides is 3. The lowest BCUT2D eigenvalue weighted by Gasteiger charge is -2.18. The molecule has 1 fully saturated rings. The predicted molar refractivity (Wildman–Crippen MR) is 52.6 cm³/mol. The van der Waals surface area contributed by atoms with Gasteiger partial charge in [0.25, 0.3) is 0 Å². The fourth-order valence-electron chi connectivity index (χ4n) is 1.67. The molecule has 0 bridgehead atoms. The van der Waals surface area contributed by atoms with E-state index in [1.807, 2.05) is 0 Å². The summed E-state index contributed by atoms with van der Waals surface area (Å²) in [6.07, 6.45) is 4.72. The second kappa shape index (κ2) is 5.59. The van der Waals surface area contributed by atoms with Crippen LogP contribution in [0, 0.1) is 0 Å². The summed E-state index contributed by atoms with van der Waals surface area (Å²) in [5.41, 5.74) is 4.84. The Morgan fingerprint density at radius 1 is 1.14 bits per heavy atom. The minimum absolute atomic E-state index is 0.281. The monoisotopic (exact) mass is 199 g/mol. The van der Waals surface area contributed by atoms with Crippen LogP contribution in [0.25, 0.3) is 0 Å². The van der Waals surface area contributed by atoms with Crippen molar-refractivity contribution in [1.29, 1.82) is 0 Å². The number of rotatable bonds is 2. The van der Waals surface area contributed by atoms with Gasteiger partial charge in [0.15, 0.2) is 0 Å². The zero-order valence-corrected chi connectivity index (χ0v) is 8.29. The van der Waals surface area contributed by atoms with Gasteiger partial charge in [-0.2, -0.15) is 0 Å². The molecular formula is C9H17N3O2. The van der Waals surface area contributed by atoms with E-state index in [2.05, 4.69) is 10.2 Å². The summed E-state index contributed by atoms with van der Waals surface area (Å²) in [6.45, 7) is 2.15. The Balaban J connectivity index is 2.27. The number of nitrogens with two attached hydrogens (primary N) is 1. The first-order chi connectivity index (χ1) is 6.68. The van der Waals surface area contributed by atoms with Crippen molar-refractivity contribution in [3.05, 3.63) is 0 Å². The van der Waals surface area contributed by atoms with Crippen LogP contribution < -0.4 is 11.1 Å². The Bertz CT molecular complexity index is 210. The van der Waals surface area contributed by atoms with Gasteiger partial charge in [0, 0.05) is 0 Å². The minimum atomic E-state index is -0.773. The van der Waals surface area contributed by atoms with E-state index < -0.39 is 6.03 Å². The van der Waals surface area contributed by atoms with Crippen molar-refractivity contribution in [2.45, 2.75) is 25.7 Å². The summed E-state index contributed by atoms with van der Waals surface area (Å²) in [5, 5.41) is 2.07. The molecule has 0 aromatic rings. The lowest BCUT2D eigenvalue weighted by atomic mass is 10.2. The fraction of sp³-hybridized carbons (Fsp3) is 0.778. The third-order valence-electron chi connectivity index (χ3n) is 2.33. The molecule has 80 valence electrons. The number of carbonyl (C=O) groups is 2. The van der Waals surface area contributed by atoms with Gasteiger partial charge in [-0.25, -0.2) is 4.79 Å². The smallest absolute Gasteiger partial charge is 0.318 e. The molecule has 5 nitrogen and oxygen atoms in total. The van der Waals surface area contributed by atoms with Gasteiger partial charge in [0.05, 0.1) is 6.54 Å². The summed E-state index contributed by atoms with van der Waals surface area (Å²) >= 11 is 0. The molecule has 0 saturated carbocycles. The van der Waals surface area contributed by atoms with Gasteiger partial charge >= 0.3 is 6.03 Å². The second-order valence-electron chi connectivity index (χ2n) is 3.60. The molecule has 1 saturated heterocycles. The number of hydrogen-bond donors (Lipinski definition) is 2. The normalized spacial score (nSPS) is 18.6. The molecule has 0 aromatic carbocycles. The Morgan fingerprint density at radius 2 is 1.71 bits per heavy atom. The molecule has 1 rings (SSSR count). The lowest BCUT2D eigenvalue weighted by molar-refractivity contribution is -0.121. The van der Waals surface area contributed by atoms with Crippen LogP contribution in [0.3, 0.4) is 0 Å². The van der Waals surface area contributed by atoms with Crippen LogP contribution in [0.15, 0.2) is 0 Å². The Hall–Kier alpha value is -1.10. The van der Waals surface area contributed by atoms with Gasteiger partial charge in [0.2, 0.25) is 5.91 Å². The molecule has 1 heterocycles. The van der Waals surface area contributed by atoms with Crippen LogP contribution in [0.5, 0.6) is 0 Å². The molecule has 0 unspecified atom stereocenters. The number of primary amides is 1. The molecule has 14 heavy (non-hydrogen) atoms. The SMILES string of the molecule is NC(=O)NC(=O)CN1CCCCCC1. The zero-order chi connectivity index (χ0) is 10.4. The van der Waals surface area contributed by atoms with Crippen LogP contribution in [-0.2, 0) is 4.79 Å². The Labute approximate surface area is 83.6 Å². The average molecular weight is 199 g/mol. The number of carbonyl (C=O) groups excluding carboxylic acids is 2. The van der Waals surface area contributed by atoms with Crippen molar-refractivity contribution in [2.24, 2.45) is 5.73 Å². The molecule has 1 aliphatic heterocycles. The summed E-state index contributed by atoms with van der Waals surface area (Å²) in [6, 6.07) is -0.773. The summed E-state index contributed by atoms with van der Waals surface area (Å²) in [5.74, 6) is -0.306. The summed E-state index contributed by atoms with van der Waals surface area (Å²) < 4.78 is 0. The number of likely N-dealkylation sites (tertiary alicyclic amines) is 1. The maximum Gasteiger partial charge on any atom is 0.318 e. The van der Waals surface area contributed by atoms with Crippen LogP contribution >= 0.6 is 0 Å². The third-order valence-corrected chi connectivity index (χ3v) is 2.33. The van der Waals surface area contributed by atoms with E-state index in [1.165, 1.54) is 12.8 Å². The van der Waals surface area contributed by atoms with Crippen molar-refractivity contribution >= 4 is 11.9 Å². The van der Waals surface area contributed by atoms with E-state index >= 15 is 0 Å². The lowest BCUT2D eigenvalue weighted by Crippen LogP contribution is -2.42. The first-order valence-electron chi connectivity index (χ1n) is 5.00. The molecule has 3 amide bonds. The van der Waals surface area contributed by atoms with E-state index in [9.17, 15) is 9.59 Å². The number of urea groups is 1. The molecule has 0 spiro atoms.